The summed E-state index contributed by atoms with van der Waals surface area (Å²) < 4.78 is 25.6. The van der Waals surface area contributed by atoms with Crippen molar-refractivity contribution in [3.63, 3.8) is 0 Å². The Kier molecular flexibility index (Phi) is 23.4. The van der Waals surface area contributed by atoms with Gasteiger partial charge < -0.3 is 13.3 Å². The van der Waals surface area contributed by atoms with E-state index in [1.165, 1.54) is 70.6 Å². The number of unbranched alkanes of at least 4 members (excludes halogenated alkanes) is 9. The zero-order chi connectivity index (χ0) is 19.4. The summed E-state index contributed by atoms with van der Waals surface area (Å²) in [6, 6.07) is 0. The fourth-order valence-electron chi connectivity index (χ4n) is 3.34. The van der Waals surface area contributed by atoms with Crippen molar-refractivity contribution in [2.75, 3.05) is 21.3 Å². The fourth-order valence-corrected chi connectivity index (χ4v) is 5.96. The first kappa shape index (κ1) is 27.9. The van der Waals surface area contributed by atoms with Gasteiger partial charge in [-0.1, -0.05) is 84.5 Å². The molecule has 0 bridgehead atoms. The van der Waals surface area contributed by atoms with E-state index in [2.05, 4.69) is 13.8 Å². The van der Waals surface area contributed by atoms with Crippen LogP contribution in [0.15, 0.2) is 0 Å². The Hall–Kier alpha value is 0.696. The quantitative estimate of drug-likeness (QED) is 0.199. The SMILES string of the molecule is [CH2]CCCCCC(CCCCCCCCC)[Si](OC)(OC)OC.[O]=[Sn]. The van der Waals surface area contributed by atoms with Gasteiger partial charge in [-0.25, -0.2) is 0 Å². The van der Waals surface area contributed by atoms with E-state index in [0.717, 1.165) is 12.8 Å². The third-order valence-corrected chi connectivity index (χ3v) is 8.10. The molecule has 0 aromatic carbocycles. The van der Waals surface area contributed by atoms with Crippen LogP contribution in [0, 0.1) is 6.92 Å². The van der Waals surface area contributed by atoms with Gasteiger partial charge in [0, 0.05) is 26.9 Å². The molecule has 0 N–H and O–H groups in total. The zero-order valence-electron chi connectivity index (χ0n) is 17.1. The van der Waals surface area contributed by atoms with Crippen molar-refractivity contribution in [3.05, 3.63) is 6.92 Å². The molecular weight excluding hydrogens is 439 g/mol. The van der Waals surface area contributed by atoms with Crippen molar-refractivity contribution < 1.29 is 16.4 Å². The van der Waals surface area contributed by atoms with Crippen molar-refractivity contribution in [1.29, 1.82) is 0 Å². The fraction of sp³-hybridized carbons (Fsp3) is 0.947. The van der Waals surface area contributed by atoms with E-state index in [1.807, 2.05) is 0 Å². The number of hydrogen-bond donors (Lipinski definition) is 0. The van der Waals surface area contributed by atoms with Crippen LogP contribution in [0.5, 0.6) is 0 Å². The van der Waals surface area contributed by atoms with Crippen molar-refractivity contribution in [3.8, 4) is 0 Å². The zero-order valence-corrected chi connectivity index (χ0v) is 21.0. The second-order valence-corrected chi connectivity index (χ2v) is 9.77. The molecule has 0 fully saturated rings. The molecule has 0 rings (SSSR count). The summed E-state index contributed by atoms with van der Waals surface area (Å²) >= 11 is 0.300. The summed E-state index contributed by atoms with van der Waals surface area (Å²) in [6.07, 6.45) is 16.4. The van der Waals surface area contributed by atoms with Crippen LogP contribution in [0.2, 0.25) is 5.54 Å². The Morgan fingerprint density at radius 2 is 1.16 bits per heavy atom. The van der Waals surface area contributed by atoms with Crippen LogP contribution >= 0.6 is 0 Å². The van der Waals surface area contributed by atoms with Gasteiger partial charge >= 0.3 is 34.4 Å². The van der Waals surface area contributed by atoms with Gasteiger partial charge in [0.15, 0.2) is 0 Å². The van der Waals surface area contributed by atoms with Crippen molar-refractivity contribution in [2.45, 2.75) is 95.9 Å². The summed E-state index contributed by atoms with van der Waals surface area (Å²) in [6.45, 7) is 6.19. The molecule has 1 atom stereocenters. The first-order valence-electron chi connectivity index (χ1n) is 9.85. The topological polar surface area (TPSA) is 44.8 Å². The van der Waals surface area contributed by atoms with Gasteiger partial charge in [0.1, 0.15) is 0 Å². The van der Waals surface area contributed by atoms with Crippen LogP contribution in [-0.4, -0.2) is 52.6 Å². The van der Waals surface area contributed by atoms with Crippen LogP contribution in [-0.2, 0) is 16.4 Å². The molecule has 0 spiro atoms. The molecule has 0 amide bonds. The maximum atomic E-state index is 8.34. The standard InChI is InChI=1S/C19H41O3Si.O.Sn/c1-6-8-10-12-13-14-16-18-19(17-15-11-9-7-2)23(20-3,21-4)22-5;;/h19H,2,6-18H2,1,3-5H3;;. The van der Waals surface area contributed by atoms with Crippen LogP contribution in [0.25, 0.3) is 0 Å². The third-order valence-electron chi connectivity index (χ3n) is 4.81. The molecule has 0 aliphatic heterocycles. The van der Waals surface area contributed by atoms with Gasteiger partial charge in [-0.15, -0.1) is 0 Å². The molecule has 0 aromatic heterocycles. The monoisotopic (exact) mass is 481 g/mol. The van der Waals surface area contributed by atoms with Gasteiger partial charge in [0.25, 0.3) is 0 Å². The minimum absolute atomic E-state index is 0.300. The molecule has 0 aliphatic carbocycles. The molecule has 0 saturated heterocycles. The van der Waals surface area contributed by atoms with Gasteiger partial charge in [0.2, 0.25) is 0 Å². The van der Waals surface area contributed by atoms with Crippen LogP contribution in [0.4, 0.5) is 0 Å². The Balaban J connectivity index is 0. The molecule has 149 valence electrons. The molecule has 0 aliphatic rings. The molecule has 25 heavy (non-hydrogen) atoms. The van der Waals surface area contributed by atoms with E-state index >= 15 is 0 Å². The molecule has 4 nitrogen and oxygen atoms in total. The predicted molar refractivity (Wildman–Crippen MR) is 108 cm³/mol. The predicted octanol–water partition coefficient (Wildman–Crippen LogP) is 5.66. The van der Waals surface area contributed by atoms with E-state index in [9.17, 15) is 0 Å². The van der Waals surface area contributed by atoms with Gasteiger partial charge in [0.05, 0.1) is 0 Å². The molecular formula is C19H41O4SiSn. The van der Waals surface area contributed by atoms with Crippen molar-refractivity contribution in [1.82, 2.24) is 0 Å². The summed E-state index contributed by atoms with van der Waals surface area (Å²) in [4.78, 5) is 0. The second-order valence-electron chi connectivity index (χ2n) is 6.53. The van der Waals surface area contributed by atoms with Gasteiger partial charge in [-0.2, -0.15) is 0 Å². The van der Waals surface area contributed by atoms with Gasteiger partial charge in [-0.05, 0) is 12.8 Å². The minimum atomic E-state index is -2.50. The van der Waals surface area contributed by atoms with Gasteiger partial charge in [-0.3, -0.25) is 0 Å². The van der Waals surface area contributed by atoms with E-state index in [4.69, 9.17) is 16.4 Å². The molecule has 0 heterocycles. The first-order chi connectivity index (χ1) is 12.2. The molecule has 6 heteroatoms. The summed E-state index contributed by atoms with van der Waals surface area (Å²) in [5.41, 5.74) is 0.433. The van der Waals surface area contributed by atoms with E-state index < -0.39 is 8.80 Å². The molecule has 0 aromatic rings. The average Bonchev–Trinajstić information content (AvgIpc) is 2.67. The van der Waals surface area contributed by atoms with E-state index in [0.29, 0.717) is 28.1 Å². The van der Waals surface area contributed by atoms with Crippen LogP contribution in [0.3, 0.4) is 0 Å². The summed E-state index contributed by atoms with van der Waals surface area (Å²) in [7, 11) is 2.73. The third kappa shape index (κ3) is 13.5. The maximum absolute atomic E-state index is 8.34. The number of rotatable bonds is 17. The van der Waals surface area contributed by atoms with E-state index in [-0.39, 0.29) is 0 Å². The normalized spacial score (nSPS) is 12.5. The van der Waals surface area contributed by atoms with Crippen molar-refractivity contribution >= 4 is 31.3 Å². The molecule has 1 unspecified atom stereocenters. The summed E-state index contributed by atoms with van der Waals surface area (Å²) in [5.74, 6) is 0. The van der Waals surface area contributed by atoms with Crippen LogP contribution in [0.1, 0.15) is 90.4 Å². The van der Waals surface area contributed by atoms with E-state index in [1.54, 1.807) is 21.3 Å². The molecule has 0 saturated carbocycles. The van der Waals surface area contributed by atoms with Crippen molar-refractivity contribution in [2.24, 2.45) is 0 Å². The summed E-state index contributed by atoms with van der Waals surface area (Å²) in [5, 5.41) is 0. The Morgan fingerprint density at radius 3 is 1.56 bits per heavy atom. The molecule has 3 radical (unpaired) electrons. The average molecular weight is 480 g/mol. The Bertz CT molecular complexity index is 258. The first-order valence-corrected chi connectivity index (χ1v) is 12.8. The Morgan fingerprint density at radius 1 is 0.760 bits per heavy atom. The second kappa shape index (κ2) is 21.0. The number of hydrogen-bond acceptors (Lipinski definition) is 4. The Labute approximate surface area is 171 Å². The van der Waals surface area contributed by atoms with Crippen LogP contribution < -0.4 is 0 Å².